The van der Waals surface area contributed by atoms with E-state index in [0.717, 1.165) is 14.3 Å². The molecule has 0 unspecified atom stereocenters. The Morgan fingerprint density at radius 3 is 1.85 bits per heavy atom. The molecule has 0 bridgehead atoms. The van der Waals surface area contributed by atoms with Crippen molar-refractivity contribution in [1.29, 1.82) is 0 Å². The maximum atomic E-state index is 12.8. The topological polar surface area (TPSA) is 236 Å². The fourth-order valence-electron chi connectivity index (χ4n) is 3.69. The average molecular weight is 714 g/mol. The van der Waals surface area contributed by atoms with Gasteiger partial charge in [-0.2, -0.15) is 0 Å². The van der Waals surface area contributed by atoms with Gasteiger partial charge < -0.3 is 28.7 Å². The molecule has 0 amide bonds. The summed E-state index contributed by atoms with van der Waals surface area (Å²) in [5.41, 5.74) is -1.19. The van der Waals surface area contributed by atoms with Crippen LogP contribution < -0.4 is 9.47 Å². The molecule has 0 saturated heterocycles. The van der Waals surface area contributed by atoms with Gasteiger partial charge in [-0.05, 0) is 54.4 Å². The molecule has 47 heavy (non-hydrogen) atoms. The second-order valence-electron chi connectivity index (χ2n) is 9.34. The molecular weight excluding hydrogens is 690 g/mol. The molecule has 1 heterocycles. The number of hydrogen-bond donors (Lipinski definition) is 0. The third-order valence-corrected chi connectivity index (χ3v) is 8.90. The van der Waals surface area contributed by atoms with Gasteiger partial charge in [-0.25, -0.2) is 4.79 Å². The van der Waals surface area contributed by atoms with Crippen molar-refractivity contribution in [3.63, 3.8) is 0 Å². The SMILES string of the molecule is O=C(CCC(=O)Oc1ccccc1C(=O)OCCC(CO[N+](=O)[O-])(CO[N+](=O)[O-])CO[N+](=O)[O-])Oc1ccc(-c2cc(=S)ss2)cc1. The number of carbonyl (C=O) groups excluding carboxylic acids is 3. The summed E-state index contributed by atoms with van der Waals surface area (Å²) in [5, 5.41) is 28.5. The molecule has 21 heteroatoms. The lowest BCUT2D eigenvalue weighted by molar-refractivity contribution is -0.782. The summed E-state index contributed by atoms with van der Waals surface area (Å²) in [4.78, 5) is 83.5. The van der Waals surface area contributed by atoms with E-state index in [1.54, 1.807) is 24.3 Å². The molecular formula is C26H23N3O15S3. The van der Waals surface area contributed by atoms with Gasteiger partial charge in [0.2, 0.25) is 0 Å². The Bertz CT molecular complexity index is 1610. The second kappa shape index (κ2) is 17.4. The standard InChI is InChI=1S/C26H23N3O15S3/c30-22(43-18-7-5-17(6-8-18)21-13-24(45)47-46-21)9-10-23(31)44-20-4-2-1-3-19(20)25(32)39-12-11-26(14-40-27(33)34,15-41-28(35)36)16-42-29(37)38/h1-8,13H,9-12,14-16H2. The van der Waals surface area contributed by atoms with Gasteiger partial charge >= 0.3 is 17.9 Å². The smallest absolute Gasteiger partial charge is 0.341 e. The fourth-order valence-corrected chi connectivity index (χ4v) is 6.10. The van der Waals surface area contributed by atoms with Crippen molar-refractivity contribution >= 4 is 50.8 Å². The van der Waals surface area contributed by atoms with E-state index in [1.807, 2.05) is 6.07 Å². The molecule has 0 saturated carbocycles. The monoisotopic (exact) mass is 713 g/mol. The molecule has 0 aliphatic heterocycles. The highest BCUT2D eigenvalue weighted by Gasteiger charge is 2.36. The van der Waals surface area contributed by atoms with E-state index in [-0.39, 0.29) is 23.5 Å². The third kappa shape index (κ3) is 12.2. The molecule has 2 aromatic carbocycles. The minimum absolute atomic E-state index is 0.223. The van der Waals surface area contributed by atoms with Gasteiger partial charge in [0.1, 0.15) is 40.7 Å². The predicted octanol–water partition coefficient (Wildman–Crippen LogP) is 4.66. The van der Waals surface area contributed by atoms with Gasteiger partial charge in [-0.15, -0.1) is 30.3 Å². The van der Waals surface area contributed by atoms with E-state index < -0.39 is 77.9 Å². The van der Waals surface area contributed by atoms with Crippen molar-refractivity contribution in [3.8, 4) is 21.9 Å². The van der Waals surface area contributed by atoms with Crippen LogP contribution in [-0.2, 0) is 28.8 Å². The number of carbonyl (C=O) groups is 3. The lowest BCUT2D eigenvalue weighted by atomic mass is 9.87. The summed E-state index contributed by atoms with van der Waals surface area (Å²) >= 11 is 5.14. The number of ether oxygens (including phenoxy) is 3. The predicted molar refractivity (Wildman–Crippen MR) is 162 cm³/mol. The van der Waals surface area contributed by atoms with Crippen LogP contribution in [0.5, 0.6) is 11.5 Å². The first-order valence-electron chi connectivity index (χ1n) is 13.1. The quantitative estimate of drug-likeness (QED) is 0.0410. The number of rotatable bonds is 19. The second-order valence-corrected chi connectivity index (χ2v) is 12.3. The summed E-state index contributed by atoms with van der Waals surface area (Å²) < 4.78 is 16.4. The van der Waals surface area contributed by atoms with Crippen LogP contribution in [0, 0.1) is 39.6 Å². The Kier molecular flexibility index (Phi) is 13.4. The zero-order valence-electron chi connectivity index (χ0n) is 23.8. The lowest BCUT2D eigenvalue weighted by Gasteiger charge is -2.30. The van der Waals surface area contributed by atoms with Crippen molar-refractivity contribution in [3.05, 3.63) is 94.3 Å². The Morgan fingerprint density at radius 2 is 1.32 bits per heavy atom. The van der Waals surface area contributed by atoms with Crippen LogP contribution in [0.1, 0.15) is 29.6 Å². The molecule has 0 aliphatic carbocycles. The van der Waals surface area contributed by atoms with Crippen LogP contribution >= 0.6 is 32.9 Å². The van der Waals surface area contributed by atoms with E-state index in [4.69, 9.17) is 26.4 Å². The first-order chi connectivity index (χ1) is 22.4. The first kappa shape index (κ1) is 36.2. The van der Waals surface area contributed by atoms with Gasteiger partial charge in [0.05, 0.1) is 19.4 Å². The Morgan fingerprint density at radius 1 is 0.766 bits per heavy atom. The molecule has 0 fully saturated rings. The van der Waals surface area contributed by atoms with Crippen molar-refractivity contribution in [2.75, 3.05) is 26.4 Å². The molecule has 0 radical (unpaired) electrons. The lowest BCUT2D eigenvalue weighted by Crippen LogP contribution is -2.40. The summed E-state index contributed by atoms with van der Waals surface area (Å²) in [6.45, 7) is -3.41. The van der Waals surface area contributed by atoms with Gasteiger partial charge in [0.15, 0.2) is 0 Å². The fraction of sp³-hybridized carbons (Fsp3) is 0.308. The van der Waals surface area contributed by atoms with Gasteiger partial charge in [-0.1, -0.05) is 45.0 Å². The number of esters is 3. The third-order valence-electron chi connectivity index (χ3n) is 5.99. The van der Waals surface area contributed by atoms with Crippen molar-refractivity contribution < 1.29 is 58.4 Å². The highest BCUT2D eigenvalue weighted by Crippen LogP contribution is 2.31. The zero-order valence-corrected chi connectivity index (χ0v) is 26.3. The molecule has 18 nitrogen and oxygen atoms in total. The number of para-hydroxylation sites is 1. The van der Waals surface area contributed by atoms with E-state index in [1.165, 1.54) is 44.9 Å². The van der Waals surface area contributed by atoms with Crippen LogP contribution in [0.3, 0.4) is 0 Å². The van der Waals surface area contributed by atoms with Crippen molar-refractivity contribution in [2.45, 2.75) is 19.3 Å². The summed E-state index contributed by atoms with van der Waals surface area (Å²) in [6.07, 6.45) is -1.22. The molecule has 0 spiro atoms. The van der Waals surface area contributed by atoms with Gasteiger partial charge in [-0.3, -0.25) is 9.59 Å². The molecule has 0 N–H and O–H groups in total. The van der Waals surface area contributed by atoms with Crippen LogP contribution in [0.2, 0.25) is 0 Å². The summed E-state index contributed by atoms with van der Waals surface area (Å²) in [5.74, 6) is -2.58. The van der Waals surface area contributed by atoms with Crippen LogP contribution in [0.15, 0.2) is 54.6 Å². The van der Waals surface area contributed by atoms with E-state index in [2.05, 4.69) is 14.5 Å². The van der Waals surface area contributed by atoms with Crippen molar-refractivity contribution in [2.24, 2.45) is 5.41 Å². The van der Waals surface area contributed by atoms with Crippen LogP contribution in [0.25, 0.3) is 10.4 Å². The molecule has 3 aromatic rings. The molecule has 0 atom stereocenters. The Hall–Kier alpha value is -5.28. The summed E-state index contributed by atoms with van der Waals surface area (Å²) in [7, 11) is 2.99. The summed E-state index contributed by atoms with van der Waals surface area (Å²) in [6, 6.07) is 14.0. The maximum absolute atomic E-state index is 12.8. The molecule has 3 rings (SSSR count). The first-order valence-corrected chi connectivity index (χ1v) is 15.6. The number of benzene rings is 2. The van der Waals surface area contributed by atoms with E-state index in [9.17, 15) is 44.7 Å². The maximum Gasteiger partial charge on any atom is 0.341 e. The highest BCUT2D eigenvalue weighted by atomic mass is 32.9. The van der Waals surface area contributed by atoms with Crippen molar-refractivity contribution in [1.82, 2.24) is 0 Å². The number of hydrogen-bond acceptors (Lipinski definition) is 18. The van der Waals surface area contributed by atoms with Crippen LogP contribution in [0.4, 0.5) is 0 Å². The minimum atomic E-state index is -1.87. The minimum Gasteiger partial charge on any atom is -0.462 e. The van der Waals surface area contributed by atoms with Crippen LogP contribution in [-0.4, -0.2) is 59.6 Å². The normalized spacial score (nSPS) is 10.7. The zero-order chi connectivity index (χ0) is 34.4. The average Bonchev–Trinajstić information content (AvgIpc) is 3.47. The Labute approximate surface area is 276 Å². The van der Waals surface area contributed by atoms with E-state index in [0.29, 0.717) is 0 Å². The molecule has 1 aromatic heterocycles. The Balaban J connectivity index is 1.56. The largest absolute Gasteiger partial charge is 0.462 e. The van der Waals surface area contributed by atoms with Gasteiger partial charge in [0.25, 0.3) is 15.3 Å². The van der Waals surface area contributed by atoms with E-state index >= 15 is 0 Å². The molecule has 250 valence electrons. The number of nitrogens with zero attached hydrogens (tertiary/aromatic N) is 3. The molecule has 0 aliphatic rings. The van der Waals surface area contributed by atoms with Gasteiger partial charge in [0, 0.05) is 10.3 Å². The highest BCUT2D eigenvalue weighted by molar-refractivity contribution is 7.80.